The van der Waals surface area contributed by atoms with Crippen molar-refractivity contribution in [3.05, 3.63) is 52.6 Å². The number of pyridine rings is 1. The van der Waals surface area contributed by atoms with Crippen molar-refractivity contribution in [3.63, 3.8) is 0 Å². The molecule has 19 heavy (non-hydrogen) atoms. The van der Waals surface area contributed by atoms with Gasteiger partial charge >= 0.3 is 0 Å². The average Bonchev–Trinajstić information content (AvgIpc) is 2.39. The smallest absolute Gasteiger partial charge is 0.225 e. The van der Waals surface area contributed by atoms with Crippen molar-refractivity contribution in [2.45, 2.75) is 12.8 Å². The molecular weight excluding hydrogens is 306 g/mol. The predicted molar refractivity (Wildman–Crippen MR) is 79.7 cm³/mol. The van der Waals surface area contributed by atoms with E-state index in [0.717, 1.165) is 10.0 Å². The third kappa shape index (κ3) is 4.37. The van der Waals surface area contributed by atoms with Crippen LogP contribution in [-0.2, 0) is 11.2 Å². The van der Waals surface area contributed by atoms with Gasteiger partial charge in [0.15, 0.2) is 0 Å². The van der Waals surface area contributed by atoms with E-state index in [4.69, 9.17) is 5.73 Å². The number of aromatic nitrogens is 1. The first kappa shape index (κ1) is 13.5. The zero-order chi connectivity index (χ0) is 13.7. The first-order valence-electron chi connectivity index (χ1n) is 5.89. The van der Waals surface area contributed by atoms with Gasteiger partial charge in [0.05, 0.1) is 11.9 Å². The maximum Gasteiger partial charge on any atom is 0.225 e. The Morgan fingerprint density at radius 1 is 1.32 bits per heavy atom. The maximum absolute atomic E-state index is 11.8. The Morgan fingerprint density at radius 3 is 2.84 bits per heavy atom. The molecule has 0 spiro atoms. The Labute approximate surface area is 120 Å². The Bertz CT molecular complexity index is 569. The number of benzene rings is 1. The number of rotatable bonds is 4. The summed E-state index contributed by atoms with van der Waals surface area (Å²) < 4.78 is 1.02. The second-order valence-corrected chi connectivity index (χ2v) is 5.07. The van der Waals surface area contributed by atoms with Crippen molar-refractivity contribution in [3.8, 4) is 0 Å². The van der Waals surface area contributed by atoms with Gasteiger partial charge in [-0.3, -0.25) is 4.79 Å². The summed E-state index contributed by atoms with van der Waals surface area (Å²) in [6.45, 7) is 0. The fraction of sp³-hybridized carbons (Fsp3) is 0.143. The van der Waals surface area contributed by atoms with Crippen LogP contribution in [0.25, 0.3) is 0 Å². The van der Waals surface area contributed by atoms with Gasteiger partial charge in [-0.05, 0) is 36.2 Å². The summed E-state index contributed by atoms with van der Waals surface area (Å²) in [6, 6.07) is 11.3. The summed E-state index contributed by atoms with van der Waals surface area (Å²) >= 11 is 3.41. The first-order valence-corrected chi connectivity index (χ1v) is 6.68. The van der Waals surface area contributed by atoms with Crippen LogP contribution in [0.5, 0.6) is 0 Å². The van der Waals surface area contributed by atoms with E-state index in [9.17, 15) is 4.79 Å². The Morgan fingerprint density at radius 2 is 2.16 bits per heavy atom. The van der Waals surface area contributed by atoms with Gasteiger partial charge in [-0.1, -0.05) is 28.1 Å². The summed E-state index contributed by atoms with van der Waals surface area (Å²) in [4.78, 5) is 15.8. The third-order valence-electron chi connectivity index (χ3n) is 2.58. The predicted octanol–water partition coefficient (Wildman–Crippen LogP) is 3.00. The molecule has 0 aliphatic heterocycles. The van der Waals surface area contributed by atoms with Crippen LogP contribution in [-0.4, -0.2) is 10.9 Å². The van der Waals surface area contributed by atoms with Crippen molar-refractivity contribution in [1.82, 2.24) is 4.98 Å². The fourth-order valence-electron chi connectivity index (χ4n) is 1.63. The van der Waals surface area contributed by atoms with Gasteiger partial charge in [0.25, 0.3) is 0 Å². The highest BCUT2D eigenvalue weighted by molar-refractivity contribution is 9.10. The number of nitrogens with zero attached hydrogens (tertiary/aromatic N) is 1. The van der Waals surface area contributed by atoms with Gasteiger partial charge in [-0.25, -0.2) is 4.98 Å². The van der Waals surface area contributed by atoms with Crippen molar-refractivity contribution >= 4 is 33.3 Å². The van der Waals surface area contributed by atoms with Crippen LogP contribution in [0.1, 0.15) is 12.0 Å². The highest BCUT2D eigenvalue weighted by Crippen LogP contribution is 2.13. The fourth-order valence-corrected chi connectivity index (χ4v) is 2.08. The minimum Gasteiger partial charge on any atom is -0.397 e. The summed E-state index contributed by atoms with van der Waals surface area (Å²) in [6.07, 6.45) is 2.63. The minimum absolute atomic E-state index is 0.0581. The van der Waals surface area contributed by atoms with Crippen molar-refractivity contribution in [2.24, 2.45) is 0 Å². The summed E-state index contributed by atoms with van der Waals surface area (Å²) in [5.74, 6) is 0.464. The number of halogens is 1. The molecule has 0 saturated heterocycles. The lowest BCUT2D eigenvalue weighted by Crippen LogP contribution is -2.13. The van der Waals surface area contributed by atoms with E-state index >= 15 is 0 Å². The van der Waals surface area contributed by atoms with Gasteiger partial charge in [-0.2, -0.15) is 0 Å². The third-order valence-corrected chi connectivity index (χ3v) is 3.08. The zero-order valence-electron chi connectivity index (χ0n) is 10.3. The molecule has 0 aliphatic rings. The van der Waals surface area contributed by atoms with Gasteiger partial charge in [0.2, 0.25) is 5.91 Å². The molecule has 4 nitrogen and oxygen atoms in total. The van der Waals surface area contributed by atoms with E-state index in [1.807, 2.05) is 24.3 Å². The number of anilines is 2. The van der Waals surface area contributed by atoms with Gasteiger partial charge in [0, 0.05) is 10.9 Å². The van der Waals surface area contributed by atoms with Crippen molar-refractivity contribution in [2.75, 3.05) is 11.1 Å². The largest absolute Gasteiger partial charge is 0.397 e. The number of hydrogen-bond acceptors (Lipinski definition) is 3. The topological polar surface area (TPSA) is 68.0 Å². The molecule has 3 N–H and O–H groups in total. The Hall–Kier alpha value is -1.88. The molecule has 1 aromatic carbocycles. The van der Waals surface area contributed by atoms with E-state index in [1.165, 1.54) is 6.20 Å². The molecule has 98 valence electrons. The molecule has 5 heteroatoms. The number of amides is 1. The molecule has 1 amide bonds. The molecule has 0 saturated carbocycles. The van der Waals surface area contributed by atoms with E-state index in [0.29, 0.717) is 24.3 Å². The molecule has 0 fully saturated rings. The number of nitrogen functional groups attached to an aromatic ring is 1. The van der Waals surface area contributed by atoms with Crippen LogP contribution in [0, 0.1) is 0 Å². The highest BCUT2D eigenvalue weighted by atomic mass is 79.9. The highest BCUT2D eigenvalue weighted by Gasteiger charge is 2.04. The number of nitrogens with one attached hydrogen (secondary N) is 1. The molecule has 0 unspecified atom stereocenters. The van der Waals surface area contributed by atoms with Gasteiger partial charge in [0.1, 0.15) is 5.82 Å². The molecule has 0 aliphatic carbocycles. The molecular formula is C14H14BrN3O. The molecule has 1 aromatic heterocycles. The molecule has 2 aromatic rings. The zero-order valence-corrected chi connectivity index (χ0v) is 11.9. The summed E-state index contributed by atoms with van der Waals surface area (Å²) in [5, 5.41) is 2.74. The van der Waals surface area contributed by atoms with E-state index < -0.39 is 0 Å². The van der Waals surface area contributed by atoms with Crippen LogP contribution in [0.15, 0.2) is 47.1 Å². The first-order chi connectivity index (χ1) is 9.13. The van der Waals surface area contributed by atoms with Crippen LogP contribution in [0.3, 0.4) is 0 Å². The van der Waals surface area contributed by atoms with Crippen LogP contribution in [0.2, 0.25) is 0 Å². The summed E-state index contributed by atoms with van der Waals surface area (Å²) in [5.41, 5.74) is 7.22. The minimum atomic E-state index is -0.0581. The van der Waals surface area contributed by atoms with E-state index in [2.05, 4.69) is 26.2 Å². The number of carbonyl (C=O) groups is 1. The van der Waals surface area contributed by atoms with Crippen molar-refractivity contribution in [1.29, 1.82) is 0 Å². The van der Waals surface area contributed by atoms with E-state index in [1.54, 1.807) is 12.1 Å². The number of carbonyl (C=O) groups excluding carboxylic acids is 1. The molecule has 0 atom stereocenters. The maximum atomic E-state index is 11.8. The molecule has 1 heterocycles. The molecule has 0 radical (unpaired) electrons. The second-order valence-electron chi connectivity index (χ2n) is 4.15. The number of aryl methyl sites for hydroxylation is 1. The molecule has 0 bridgehead atoms. The van der Waals surface area contributed by atoms with Crippen molar-refractivity contribution < 1.29 is 4.79 Å². The quantitative estimate of drug-likeness (QED) is 0.910. The lowest BCUT2D eigenvalue weighted by Gasteiger charge is -2.05. The van der Waals surface area contributed by atoms with E-state index in [-0.39, 0.29) is 5.91 Å². The lowest BCUT2D eigenvalue weighted by molar-refractivity contribution is -0.116. The normalized spacial score (nSPS) is 10.2. The Balaban J connectivity index is 1.86. The van der Waals surface area contributed by atoms with Crippen LogP contribution in [0.4, 0.5) is 11.5 Å². The van der Waals surface area contributed by atoms with Crippen LogP contribution < -0.4 is 11.1 Å². The average molecular weight is 320 g/mol. The van der Waals surface area contributed by atoms with Crippen LogP contribution >= 0.6 is 15.9 Å². The standard InChI is InChI=1S/C14H14BrN3O/c15-11-3-1-2-10(8-11)4-7-14(19)18-13-6-5-12(16)9-17-13/h1-3,5-6,8-9H,4,7,16H2,(H,17,18,19). The number of hydrogen-bond donors (Lipinski definition) is 2. The van der Waals surface area contributed by atoms with Gasteiger partial charge in [-0.15, -0.1) is 0 Å². The number of nitrogens with two attached hydrogens (primary N) is 1. The lowest BCUT2D eigenvalue weighted by atomic mass is 10.1. The van der Waals surface area contributed by atoms with Gasteiger partial charge < -0.3 is 11.1 Å². The second kappa shape index (κ2) is 6.33. The SMILES string of the molecule is Nc1ccc(NC(=O)CCc2cccc(Br)c2)nc1. The summed E-state index contributed by atoms with van der Waals surface area (Å²) in [7, 11) is 0. The monoisotopic (exact) mass is 319 g/mol. The molecule has 2 rings (SSSR count). The Kier molecular flexibility index (Phi) is 4.52.